The predicted molar refractivity (Wildman–Crippen MR) is 88.2 cm³/mol. The lowest BCUT2D eigenvalue weighted by Gasteiger charge is -2.06. The SMILES string of the molecule is O=C(COC(=O)c1cc2ccccc2o1)Nc1ccc(F)c([N+](=O)[O-])c1. The Morgan fingerprint density at radius 1 is 1.19 bits per heavy atom. The van der Waals surface area contributed by atoms with Gasteiger partial charge in [0.05, 0.1) is 4.92 Å². The van der Waals surface area contributed by atoms with Gasteiger partial charge in [-0.2, -0.15) is 4.39 Å². The fourth-order valence-electron chi connectivity index (χ4n) is 2.21. The zero-order valence-electron chi connectivity index (χ0n) is 13.1. The first kappa shape index (κ1) is 17.1. The monoisotopic (exact) mass is 358 g/mol. The largest absolute Gasteiger partial charge is 0.450 e. The number of anilines is 1. The predicted octanol–water partition coefficient (Wildman–Crippen LogP) is 3.28. The highest BCUT2D eigenvalue weighted by atomic mass is 19.1. The first-order valence-electron chi connectivity index (χ1n) is 7.33. The van der Waals surface area contributed by atoms with E-state index in [1.165, 1.54) is 6.07 Å². The quantitative estimate of drug-likeness (QED) is 0.426. The molecule has 3 rings (SSSR count). The minimum Gasteiger partial charge on any atom is -0.450 e. The number of para-hydroxylation sites is 1. The molecule has 1 amide bonds. The van der Waals surface area contributed by atoms with Crippen molar-refractivity contribution >= 4 is 34.2 Å². The lowest BCUT2D eigenvalue weighted by Crippen LogP contribution is -2.20. The summed E-state index contributed by atoms with van der Waals surface area (Å²) >= 11 is 0. The van der Waals surface area contributed by atoms with Gasteiger partial charge in [0, 0.05) is 17.1 Å². The number of halogens is 1. The van der Waals surface area contributed by atoms with E-state index in [0.717, 1.165) is 18.2 Å². The maximum Gasteiger partial charge on any atom is 0.374 e. The number of fused-ring (bicyclic) bond motifs is 1. The van der Waals surface area contributed by atoms with E-state index in [9.17, 15) is 24.1 Å². The number of hydrogen-bond acceptors (Lipinski definition) is 6. The Balaban J connectivity index is 1.61. The molecule has 1 heterocycles. The van der Waals surface area contributed by atoms with Gasteiger partial charge in [-0.05, 0) is 24.3 Å². The summed E-state index contributed by atoms with van der Waals surface area (Å²) in [6.07, 6.45) is 0. The lowest BCUT2D eigenvalue weighted by atomic mass is 10.2. The number of rotatable bonds is 5. The zero-order chi connectivity index (χ0) is 18.7. The zero-order valence-corrected chi connectivity index (χ0v) is 13.1. The van der Waals surface area contributed by atoms with Gasteiger partial charge in [0.1, 0.15) is 5.58 Å². The molecule has 0 bridgehead atoms. The van der Waals surface area contributed by atoms with Crippen LogP contribution in [-0.4, -0.2) is 23.4 Å². The Morgan fingerprint density at radius 2 is 1.96 bits per heavy atom. The average molecular weight is 358 g/mol. The van der Waals surface area contributed by atoms with Gasteiger partial charge in [-0.15, -0.1) is 0 Å². The summed E-state index contributed by atoms with van der Waals surface area (Å²) in [5.74, 6) is -2.66. The molecular formula is C17H11FN2O6. The summed E-state index contributed by atoms with van der Waals surface area (Å²) in [6, 6.07) is 11.3. The number of nitrogens with zero attached hydrogens (tertiary/aromatic N) is 1. The van der Waals surface area contributed by atoms with Crippen molar-refractivity contribution in [2.75, 3.05) is 11.9 Å². The molecule has 0 fully saturated rings. The molecule has 0 unspecified atom stereocenters. The molecule has 0 aliphatic rings. The fourth-order valence-corrected chi connectivity index (χ4v) is 2.21. The van der Waals surface area contributed by atoms with Gasteiger partial charge in [0.25, 0.3) is 5.91 Å². The van der Waals surface area contributed by atoms with E-state index >= 15 is 0 Å². The molecule has 0 atom stereocenters. The number of hydrogen-bond donors (Lipinski definition) is 1. The molecule has 0 aliphatic carbocycles. The fraction of sp³-hybridized carbons (Fsp3) is 0.0588. The number of benzene rings is 2. The Labute approximate surface area is 145 Å². The minimum absolute atomic E-state index is 0.00267. The van der Waals surface area contributed by atoms with Gasteiger partial charge in [0.15, 0.2) is 6.61 Å². The molecular weight excluding hydrogens is 347 g/mol. The Bertz CT molecular complexity index is 980. The van der Waals surface area contributed by atoms with Crippen molar-refractivity contribution < 1.29 is 28.1 Å². The Hall–Kier alpha value is -3.75. The third kappa shape index (κ3) is 3.66. The van der Waals surface area contributed by atoms with E-state index in [0.29, 0.717) is 11.0 Å². The van der Waals surface area contributed by atoms with Gasteiger partial charge < -0.3 is 14.5 Å². The summed E-state index contributed by atoms with van der Waals surface area (Å²) in [5, 5.41) is 13.7. The van der Waals surface area contributed by atoms with Crippen LogP contribution in [0, 0.1) is 15.9 Å². The van der Waals surface area contributed by atoms with E-state index in [4.69, 9.17) is 9.15 Å². The number of carbonyl (C=O) groups is 2. The summed E-state index contributed by atoms with van der Waals surface area (Å²) in [7, 11) is 0. The molecule has 0 radical (unpaired) electrons. The number of ether oxygens (including phenoxy) is 1. The third-order valence-corrected chi connectivity index (χ3v) is 3.39. The van der Waals surface area contributed by atoms with E-state index in [2.05, 4.69) is 5.32 Å². The van der Waals surface area contributed by atoms with E-state index in [1.54, 1.807) is 24.3 Å². The number of nitro benzene ring substituents is 1. The van der Waals surface area contributed by atoms with Crippen molar-refractivity contribution in [2.45, 2.75) is 0 Å². The molecule has 8 nitrogen and oxygen atoms in total. The van der Waals surface area contributed by atoms with Crippen LogP contribution in [0.15, 0.2) is 52.9 Å². The van der Waals surface area contributed by atoms with Crippen molar-refractivity contribution in [1.82, 2.24) is 0 Å². The molecule has 9 heteroatoms. The van der Waals surface area contributed by atoms with Crippen molar-refractivity contribution in [3.63, 3.8) is 0 Å². The molecule has 0 spiro atoms. The standard InChI is InChI=1S/C17H11FN2O6/c18-12-6-5-11(8-13(12)20(23)24)19-16(21)9-25-17(22)15-7-10-3-1-2-4-14(10)26-15/h1-8H,9H2,(H,19,21). The number of nitrogens with one attached hydrogen (secondary N) is 1. The summed E-state index contributed by atoms with van der Waals surface area (Å²) in [5.41, 5.74) is -0.271. The van der Waals surface area contributed by atoms with Crippen LogP contribution in [0.5, 0.6) is 0 Å². The lowest BCUT2D eigenvalue weighted by molar-refractivity contribution is -0.387. The van der Waals surface area contributed by atoms with Crippen molar-refractivity contribution in [2.24, 2.45) is 0 Å². The van der Waals surface area contributed by atoms with Crippen LogP contribution < -0.4 is 5.32 Å². The van der Waals surface area contributed by atoms with Crippen molar-refractivity contribution in [1.29, 1.82) is 0 Å². The molecule has 3 aromatic rings. The molecule has 2 aromatic carbocycles. The molecule has 0 aliphatic heterocycles. The summed E-state index contributed by atoms with van der Waals surface area (Å²) in [4.78, 5) is 33.5. The molecule has 1 N–H and O–H groups in total. The summed E-state index contributed by atoms with van der Waals surface area (Å²) < 4.78 is 23.4. The molecule has 1 aromatic heterocycles. The van der Waals surface area contributed by atoms with Crippen LogP contribution in [0.3, 0.4) is 0 Å². The second-order valence-corrected chi connectivity index (χ2v) is 5.20. The highest BCUT2D eigenvalue weighted by Crippen LogP contribution is 2.22. The topological polar surface area (TPSA) is 112 Å². The molecule has 26 heavy (non-hydrogen) atoms. The maximum atomic E-state index is 13.3. The van der Waals surface area contributed by atoms with Crippen molar-refractivity contribution in [3.05, 3.63) is 70.2 Å². The number of carbonyl (C=O) groups excluding carboxylic acids is 2. The number of nitro groups is 1. The molecule has 0 saturated heterocycles. The van der Waals surface area contributed by atoms with Crippen LogP contribution in [-0.2, 0) is 9.53 Å². The Morgan fingerprint density at radius 3 is 2.69 bits per heavy atom. The number of amides is 1. The second-order valence-electron chi connectivity index (χ2n) is 5.20. The van der Waals surface area contributed by atoms with Gasteiger partial charge in [0.2, 0.25) is 11.6 Å². The van der Waals surface area contributed by atoms with Gasteiger partial charge in [-0.25, -0.2) is 4.79 Å². The van der Waals surface area contributed by atoms with E-state index < -0.39 is 34.9 Å². The third-order valence-electron chi connectivity index (χ3n) is 3.39. The normalized spacial score (nSPS) is 10.5. The van der Waals surface area contributed by atoms with Crippen LogP contribution in [0.4, 0.5) is 15.8 Å². The highest BCUT2D eigenvalue weighted by Gasteiger charge is 2.17. The van der Waals surface area contributed by atoms with Gasteiger partial charge in [-0.3, -0.25) is 14.9 Å². The smallest absolute Gasteiger partial charge is 0.374 e. The first-order valence-corrected chi connectivity index (χ1v) is 7.33. The van der Waals surface area contributed by atoms with Crippen LogP contribution in [0.2, 0.25) is 0 Å². The molecule has 132 valence electrons. The highest BCUT2D eigenvalue weighted by molar-refractivity contribution is 5.96. The first-order chi connectivity index (χ1) is 12.4. The van der Waals surface area contributed by atoms with E-state index in [1.807, 2.05) is 0 Å². The molecule has 0 saturated carbocycles. The van der Waals surface area contributed by atoms with Gasteiger partial charge >= 0.3 is 11.7 Å². The maximum absolute atomic E-state index is 13.3. The summed E-state index contributed by atoms with van der Waals surface area (Å²) in [6.45, 7) is -0.638. The van der Waals surface area contributed by atoms with Crippen molar-refractivity contribution in [3.8, 4) is 0 Å². The Kier molecular flexibility index (Phi) is 4.61. The minimum atomic E-state index is -1.02. The number of furan rings is 1. The second kappa shape index (κ2) is 7.01. The van der Waals surface area contributed by atoms with Gasteiger partial charge in [-0.1, -0.05) is 18.2 Å². The van der Waals surface area contributed by atoms with Crippen LogP contribution >= 0.6 is 0 Å². The number of esters is 1. The van der Waals surface area contributed by atoms with Crippen LogP contribution in [0.25, 0.3) is 11.0 Å². The van der Waals surface area contributed by atoms with Crippen LogP contribution in [0.1, 0.15) is 10.6 Å². The average Bonchev–Trinajstić information content (AvgIpc) is 3.05. The van der Waals surface area contributed by atoms with E-state index in [-0.39, 0.29) is 11.4 Å².